The van der Waals surface area contributed by atoms with Gasteiger partial charge in [0, 0.05) is 22.3 Å². The molecule has 4 aliphatic carbocycles. The fourth-order valence-corrected chi connectivity index (χ4v) is 10.2. The highest BCUT2D eigenvalue weighted by Gasteiger charge is 2.58. The Balaban J connectivity index is 1.65. The van der Waals surface area contributed by atoms with E-state index in [1.54, 1.807) is 0 Å². The van der Waals surface area contributed by atoms with Crippen LogP contribution in [0.4, 0.5) is 0 Å². The highest BCUT2D eigenvalue weighted by Crippen LogP contribution is 2.66. The molecule has 0 heterocycles. The Kier molecular flexibility index (Phi) is 9.26. The maximum absolute atomic E-state index is 3.66. The average Bonchev–Trinajstić information content (AvgIpc) is 2.90. The van der Waals surface area contributed by atoms with Gasteiger partial charge < -0.3 is 0 Å². The van der Waals surface area contributed by atoms with Gasteiger partial charge >= 0.3 is 0 Å². The Morgan fingerprint density at radius 3 is 0.935 bits per heavy atom. The molecule has 0 N–H and O–H groups in total. The summed E-state index contributed by atoms with van der Waals surface area (Å²) < 4.78 is 0. The third-order valence-electron chi connectivity index (χ3n) is 9.48. The van der Waals surface area contributed by atoms with Crippen LogP contribution in [0, 0.1) is 57.7 Å². The van der Waals surface area contributed by atoms with Crippen molar-refractivity contribution in [3.63, 3.8) is 0 Å². The minimum atomic E-state index is -1.51. The molecule has 0 aromatic heterocycles. The summed E-state index contributed by atoms with van der Waals surface area (Å²) >= 11 is 0. The van der Waals surface area contributed by atoms with Gasteiger partial charge in [0.2, 0.25) is 0 Å². The molecule has 0 spiro atoms. The maximum Gasteiger partial charge on any atom is 0.129 e. The lowest BCUT2D eigenvalue weighted by Gasteiger charge is -2.63. The van der Waals surface area contributed by atoms with Crippen LogP contribution in [0.2, 0.25) is 78.6 Å². The van der Waals surface area contributed by atoms with Gasteiger partial charge in [0.1, 0.15) is 32.3 Å². The second kappa shape index (κ2) is 12.2. The fraction of sp³-hybridized carbons (Fsp3) is 0.524. The molecule has 0 unspecified atom stereocenters. The van der Waals surface area contributed by atoms with Gasteiger partial charge in [-0.05, 0) is 109 Å². The third-order valence-corrected chi connectivity index (χ3v) is 13.0. The molecule has 6 rings (SSSR count). The van der Waals surface area contributed by atoms with Crippen LogP contribution in [0.1, 0.15) is 71.9 Å². The largest absolute Gasteiger partial charge is 0.129 e. The molecule has 2 aromatic rings. The van der Waals surface area contributed by atoms with Gasteiger partial charge in [0.25, 0.3) is 0 Å². The highest BCUT2D eigenvalue weighted by molar-refractivity contribution is 6.85. The Hall–Kier alpha value is -2.45. The topological polar surface area (TPSA) is 0 Å². The van der Waals surface area contributed by atoms with E-state index in [0.717, 1.165) is 34.1 Å². The van der Waals surface area contributed by atoms with E-state index < -0.39 is 32.3 Å². The zero-order chi connectivity index (χ0) is 33.8. The standard InChI is InChI=1S/C42H56Si4/c1-43(2,3)17-13-33-21-34(14-18-44(4,5)6)25-39(24-33)41-28-37-23-38(29-41)31-42(30-37,32-41)40-26-35(15-19-45(7,8)9)22-36(27-40)16-20-46(10,11)12/h21-22,24-27,37-38H,23,28-32H2,1-12H3. The molecule has 46 heavy (non-hydrogen) atoms. The van der Waals surface area contributed by atoms with Crippen molar-refractivity contribution < 1.29 is 0 Å². The number of benzene rings is 2. The Bertz CT molecular complexity index is 1530. The first-order valence-corrected chi connectivity index (χ1v) is 31.5. The zero-order valence-corrected chi connectivity index (χ0v) is 34.9. The van der Waals surface area contributed by atoms with Crippen molar-refractivity contribution in [3.05, 3.63) is 69.8 Å². The molecular formula is C42H56Si4. The van der Waals surface area contributed by atoms with Crippen LogP contribution in [0.15, 0.2) is 36.4 Å². The van der Waals surface area contributed by atoms with Gasteiger partial charge in [-0.25, -0.2) is 0 Å². The first kappa shape index (κ1) is 34.9. The van der Waals surface area contributed by atoms with E-state index in [1.807, 2.05) is 0 Å². The number of hydrogen-bond donors (Lipinski definition) is 0. The fourth-order valence-electron chi connectivity index (χ4n) is 8.13. The predicted molar refractivity (Wildman–Crippen MR) is 212 cm³/mol. The summed E-state index contributed by atoms with van der Waals surface area (Å²) in [6.45, 7) is 28.0. The van der Waals surface area contributed by atoms with Crippen molar-refractivity contribution in [1.82, 2.24) is 0 Å². The predicted octanol–water partition coefficient (Wildman–Crippen LogP) is 10.4. The monoisotopic (exact) mass is 672 g/mol. The van der Waals surface area contributed by atoms with Gasteiger partial charge in [-0.15, -0.1) is 22.2 Å². The summed E-state index contributed by atoms with van der Waals surface area (Å²) in [7, 11) is -6.02. The van der Waals surface area contributed by atoms with Crippen LogP contribution in [-0.4, -0.2) is 32.3 Å². The normalized spacial score (nSPS) is 25.2. The quantitative estimate of drug-likeness (QED) is 0.220. The first-order valence-electron chi connectivity index (χ1n) is 17.5. The third kappa shape index (κ3) is 8.91. The van der Waals surface area contributed by atoms with Crippen LogP contribution >= 0.6 is 0 Å². The molecule has 2 aromatic carbocycles. The number of hydrogen-bond acceptors (Lipinski definition) is 0. The molecule has 0 nitrogen and oxygen atoms in total. The van der Waals surface area contributed by atoms with Gasteiger partial charge in [-0.3, -0.25) is 0 Å². The van der Waals surface area contributed by atoms with Crippen molar-refractivity contribution in [3.8, 4) is 45.9 Å². The van der Waals surface area contributed by atoms with Crippen molar-refractivity contribution >= 4 is 32.3 Å². The van der Waals surface area contributed by atoms with E-state index in [-0.39, 0.29) is 10.8 Å². The molecule has 4 bridgehead atoms. The first-order chi connectivity index (χ1) is 21.1. The number of rotatable bonds is 2. The summed E-state index contributed by atoms with van der Waals surface area (Å²) in [6, 6.07) is 14.4. The molecule has 0 atom stereocenters. The second-order valence-electron chi connectivity index (χ2n) is 19.1. The maximum atomic E-state index is 3.66. The Labute approximate surface area is 286 Å². The molecule has 4 fully saturated rings. The van der Waals surface area contributed by atoms with Gasteiger partial charge in [0.05, 0.1) is 0 Å². The van der Waals surface area contributed by atoms with E-state index >= 15 is 0 Å². The molecule has 4 aliphatic rings. The molecule has 0 amide bonds. The van der Waals surface area contributed by atoms with Gasteiger partial charge in [-0.1, -0.05) is 102 Å². The molecular weight excluding hydrogens is 617 g/mol. The SMILES string of the molecule is C[Si](C)(C)C#Cc1cc(C#C[Si](C)(C)C)cc(C23CC4CC(C2)CC(c2cc(C#C[Si](C)(C)C)cc(C#C[Si](C)(C)C)c2)(C4)C3)c1. The highest BCUT2D eigenvalue weighted by atomic mass is 28.3. The molecule has 0 aliphatic heterocycles. The van der Waals surface area contributed by atoms with Crippen LogP contribution in [0.25, 0.3) is 0 Å². The van der Waals surface area contributed by atoms with Gasteiger partial charge in [-0.2, -0.15) is 0 Å². The van der Waals surface area contributed by atoms with Crippen molar-refractivity contribution in [2.24, 2.45) is 11.8 Å². The van der Waals surface area contributed by atoms with Crippen molar-refractivity contribution in [2.45, 2.75) is 128 Å². The van der Waals surface area contributed by atoms with Crippen molar-refractivity contribution in [1.29, 1.82) is 0 Å². The molecule has 4 heteroatoms. The summed E-state index contributed by atoms with van der Waals surface area (Å²) in [4.78, 5) is 0. The Morgan fingerprint density at radius 1 is 0.435 bits per heavy atom. The van der Waals surface area contributed by atoms with Crippen molar-refractivity contribution in [2.75, 3.05) is 0 Å². The van der Waals surface area contributed by atoms with E-state index in [1.165, 1.54) is 49.7 Å². The van der Waals surface area contributed by atoms with E-state index in [4.69, 9.17) is 0 Å². The van der Waals surface area contributed by atoms with Crippen LogP contribution in [-0.2, 0) is 10.8 Å². The van der Waals surface area contributed by atoms with E-state index in [9.17, 15) is 0 Å². The minimum Gasteiger partial charge on any atom is -0.127 e. The second-order valence-corrected chi connectivity index (χ2v) is 38.1. The molecule has 4 saturated carbocycles. The van der Waals surface area contributed by atoms with E-state index in [2.05, 4.69) is 161 Å². The molecule has 240 valence electrons. The lowest BCUT2D eigenvalue weighted by molar-refractivity contribution is -0.0281. The van der Waals surface area contributed by atoms with Crippen LogP contribution in [0.3, 0.4) is 0 Å². The minimum absolute atomic E-state index is 0.181. The average molecular weight is 673 g/mol. The summed E-state index contributed by atoms with van der Waals surface area (Å²) in [5.74, 6) is 16.1. The van der Waals surface area contributed by atoms with Crippen LogP contribution < -0.4 is 0 Å². The molecule has 0 saturated heterocycles. The lowest BCUT2D eigenvalue weighted by atomic mass is 9.41. The zero-order valence-electron chi connectivity index (χ0n) is 30.9. The summed E-state index contributed by atoms with van der Waals surface area (Å²) in [5, 5.41) is 0. The Morgan fingerprint density at radius 2 is 0.696 bits per heavy atom. The van der Waals surface area contributed by atoms with Gasteiger partial charge in [0.15, 0.2) is 0 Å². The summed E-state index contributed by atoms with van der Waals surface area (Å²) in [5.41, 5.74) is 22.7. The molecule has 0 radical (unpaired) electrons. The smallest absolute Gasteiger partial charge is 0.127 e. The van der Waals surface area contributed by atoms with Crippen LogP contribution in [0.5, 0.6) is 0 Å². The lowest BCUT2D eigenvalue weighted by Crippen LogP contribution is -2.56. The van der Waals surface area contributed by atoms with E-state index in [0.29, 0.717) is 0 Å². The summed E-state index contributed by atoms with van der Waals surface area (Å²) in [6.07, 6.45) is 7.80.